The predicted octanol–water partition coefficient (Wildman–Crippen LogP) is 4.19. The third-order valence-corrected chi connectivity index (χ3v) is 5.09. The van der Waals surface area contributed by atoms with Crippen molar-refractivity contribution < 1.29 is 22.8 Å². The zero-order valence-corrected chi connectivity index (χ0v) is 14.7. The number of carbonyl (C=O) groups is 1. The van der Waals surface area contributed by atoms with Crippen molar-refractivity contribution in [3.8, 4) is 0 Å². The van der Waals surface area contributed by atoms with Crippen LogP contribution >= 0.6 is 0 Å². The van der Waals surface area contributed by atoms with Gasteiger partial charge in [0.2, 0.25) is 6.10 Å². The van der Waals surface area contributed by atoms with Crippen molar-refractivity contribution in [1.82, 2.24) is 4.90 Å². The van der Waals surface area contributed by atoms with Gasteiger partial charge in [-0.2, -0.15) is 0 Å². The molecule has 0 N–H and O–H groups in total. The monoisotopic (exact) mass is 374 g/mol. The van der Waals surface area contributed by atoms with Crippen LogP contribution in [0.25, 0.3) is 0 Å². The smallest absolute Gasteiger partial charge is 0.267 e. The molecule has 1 aromatic heterocycles. The van der Waals surface area contributed by atoms with E-state index in [0.717, 1.165) is 49.6 Å². The Morgan fingerprint density at radius 1 is 1.19 bits per heavy atom. The summed E-state index contributed by atoms with van der Waals surface area (Å²) in [5.74, 6) is -0.598. The van der Waals surface area contributed by atoms with Crippen molar-refractivity contribution in [2.75, 3.05) is 6.54 Å². The summed E-state index contributed by atoms with van der Waals surface area (Å²) < 4.78 is 33.0. The van der Waals surface area contributed by atoms with Gasteiger partial charge in [0.25, 0.3) is 5.91 Å². The van der Waals surface area contributed by atoms with Gasteiger partial charge in [-0.3, -0.25) is 4.79 Å². The molecule has 1 aromatic carbocycles. The van der Waals surface area contributed by atoms with Gasteiger partial charge in [-0.1, -0.05) is 18.0 Å². The van der Waals surface area contributed by atoms with E-state index in [0.29, 0.717) is 6.54 Å². The van der Waals surface area contributed by atoms with Crippen molar-refractivity contribution >= 4 is 11.6 Å². The molecule has 2 aliphatic rings. The van der Waals surface area contributed by atoms with Crippen molar-refractivity contribution in [1.29, 1.82) is 0 Å². The summed E-state index contributed by atoms with van der Waals surface area (Å²) in [5, 5.41) is 3.86. The maximum absolute atomic E-state index is 14.0. The molecule has 1 fully saturated rings. The van der Waals surface area contributed by atoms with Crippen molar-refractivity contribution in [3.05, 3.63) is 59.6 Å². The molecule has 142 valence electrons. The van der Waals surface area contributed by atoms with Crippen molar-refractivity contribution in [3.63, 3.8) is 0 Å². The topological polar surface area (TPSA) is 55.0 Å². The van der Waals surface area contributed by atoms with Gasteiger partial charge >= 0.3 is 0 Å². The summed E-state index contributed by atoms with van der Waals surface area (Å²) in [4.78, 5) is 20.2. The summed E-state index contributed by atoms with van der Waals surface area (Å²) in [5.41, 5.74) is 0.276. The first-order valence-corrected chi connectivity index (χ1v) is 9.15. The van der Waals surface area contributed by atoms with E-state index in [2.05, 4.69) is 5.16 Å². The molecule has 4 rings (SSSR count). The molecule has 7 heteroatoms. The first-order valence-electron chi connectivity index (χ1n) is 9.15. The molecule has 2 unspecified atom stereocenters. The zero-order valence-electron chi connectivity index (χ0n) is 14.7. The Balaban J connectivity index is 1.52. The lowest BCUT2D eigenvalue weighted by Gasteiger charge is -2.30. The number of hydrogen-bond donors (Lipinski definition) is 0. The SMILES string of the molecule is O=C(C1CC(c2cc(F)ccc2F)=NO1)N1CCCCCC1c1ccco1. The third kappa shape index (κ3) is 3.59. The Bertz CT molecular complexity index is 851. The summed E-state index contributed by atoms with van der Waals surface area (Å²) >= 11 is 0. The highest BCUT2D eigenvalue weighted by Gasteiger charge is 2.37. The molecule has 0 spiro atoms. The fourth-order valence-electron chi connectivity index (χ4n) is 3.72. The zero-order chi connectivity index (χ0) is 18.8. The van der Waals surface area contributed by atoms with Crippen LogP contribution in [0.1, 0.15) is 49.5 Å². The summed E-state index contributed by atoms with van der Waals surface area (Å²) in [6, 6.07) is 6.70. The molecule has 0 aliphatic carbocycles. The molecule has 27 heavy (non-hydrogen) atoms. The van der Waals surface area contributed by atoms with E-state index in [1.54, 1.807) is 11.2 Å². The normalized spacial score (nSPS) is 22.9. The van der Waals surface area contributed by atoms with Crippen LogP contribution in [0.2, 0.25) is 0 Å². The molecule has 1 saturated heterocycles. The van der Waals surface area contributed by atoms with Crippen LogP contribution in [0.4, 0.5) is 8.78 Å². The number of amides is 1. The van der Waals surface area contributed by atoms with E-state index in [1.165, 1.54) is 0 Å². The van der Waals surface area contributed by atoms with E-state index in [1.807, 2.05) is 12.1 Å². The number of hydrogen-bond acceptors (Lipinski definition) is 4. The second-order valence-electron chi connectivity index (χ2n) is 6.87. The number of furan rings is 1. The first-order chi connectivity index (χ1) is 13.1. The van der Waals surface area contributed by atoms with Crippen LogP contribution in [0.15, 0.2) is 46.2 Å². The minimum atomic E-state index is -0.835. The minimum absolute atomic E-state index is 0.0313. The third-order valence-electron chi connectivity index (χ3n) is 5.09. The summed E-state index contributed by atoms with van der Waals surface area (Å²) in [6.07, 6.45) is 4.65. The lowest BCUT2D eigenvalue weighted by Crippen LogP contribution is -2.41. The van der Waals surface area contributed by atoms with E-state index in [9.17, 15) is 13.6 Å². The van der Waals surface area contributed by atoms with E-state index < -0.39 is 17.7 Å². The van der Waals surface area contributed by atoms with E-state index >= 15 is 0 Å². The molecule has 5 nitrogen and oxygen atoms in total. The van der Waals surface area contributed by atoms with Crippen LogP contribution in [0.3, 0.4) is 0 Å². The lowest BCUT2D eigenvalue weighted by molar-refractivity contribution is -0.145. The van der Waals surface area contributed by atoms with Gasteiger partial charge in [0.1, 0.15) is 17.4 Å². The van der Waals surface area contributed by atoms with Crippen LogP contribution in [0.5, 0.6) is 0 Å². The number of rotatable bonds is 3. The largest absolute Gasteiger partial charge is 0.467 e. The molecular formula is C20H20F2N2O3. The van der Waals surface area contributed by atoms with Gasteiger partial charge in [-0.15, -0.1) is 0 Å². The highest BCUT2D eigenvalue weighted by atomic mass is 19.1. The Kier molecular flexibility index (Phi) is 4.92. The Morgan fingerprint density at radius 3 is 2.89 bits per heavy atom. The molecular weight excluding hydrogens is 354 g/mol. The molecule has 2 aromatic rings. The molecule has 3 heterocycles. The average Bonchev–Trinajstić information content (AvgIpc) is 3.31. The van der Waals surface area contributed by atoms with Gasteiger partial charge in [0.15, 0.2) is 0 Å². The Hall–Kier alpha value is -2.70. The van der Waals surface area contributed by atoms with Gasteiger partial charge in [0.05, 0.1) is 18.0 Å². The first kappa shape index (κ1) is 17.7. The summed E-state index contributed by atoms with van der Waals surface area (Å²) in [6.45, 7) is 0.605. The number of oxime groups is 1. The van der Waals surface area contributed by atoms with Gasteiger partial charge in [0, 0.05) is 18.5 Å². The Labute approximate surface area is 155 Å². The number of benzene rings is 1. The van der Waals surface area contributed by atoms with Crippen molar-refractivity contribution in [2.24, 2.45) is 5.16 Å². The van der Waals surface area contributed by atoms with Gasteiger partial charge in [-0.25, -0.2) is 8.78 Å². The fraction of sp³-hybridized carbons (Fsp3) is 0.400. The number of likely N-dealkylation sites (tertiary alicyclic amines) is 1. The van der Waals surface area contributed by atoms with Crippen LogP contribution in [-0.4, -0.2) is 29.2 Å². The average molecular weight is 374 g/mol. The van der Waals surface area contributed by atoms with E-state index in [-0.39, 0.29) is 29.6 Å². The number of carbonyl (C=O) groups excluding carboxylic acids is 1. The van der Waals surface area contributed by atoms with Crippen molar-refractivity contribution in [2.45, 2.75) is 44.2 Å². The van der Waals surface area contributed by atoms with Crippen LogP contribution < -0.4 is 0 Å². The summed E-state index contributed by atoms with van der Waals surface area (Å²) in [7, 11) is 0. The van der Waals surface area contributed by atoms with Crippen LogP contribution in [0, 0.1) is 11.6 Å². The van der Waals surface area contributed by atoms with Gasteiger partial charge in [-0.05, 0) is 43.2 Å². The maximum Gasteiger partial charge on any atom is 0.267 e. The molecule has 0 saturated carbocycles. The molecule has 1 amide bonds. The van der Waals surface area contributed by atoms with Gasteiger partial charge < -0.3 is 14.2 Å². The number of nitrogens with zero attached hydrogens (tertiary/aromatic N) is 2. The highest BCUT2D eigenvalue weighted by Crippen LogP contribution is 2.32. The standard InChI is InChI=1S/C20H20F2N2O3/c21-13-7-8-15(22)14(11-13)16-12-19(27-23-16)20(25)24-9-3-1-2-5-17(24)18-6-4-10-26-18/h4,6-8,10-11,17,19H,1-3,5,9,12H2. The maximum atomic E-state index is 14.0. The predicted molar refractivity (Wildman–Crippen MR) is 94.0 cm³/mol. The Morgan fingerprint density at radius 2 is 2.07 bits per heavy atom. The molecule has 0 radical (unpaired) electrons. The fourth-order valence-corrected chi connectivity index (χ4v) is 3.72. The minimum Gasteiger partial charge on any atom is -0.467 e. The quantitative estimate of drug-likeness (QED) is 0.809. The second-order valence-corrected chi connectivity index (χ2v) is 6.87. The highest BCUT2D eigenvalue weighted by molar-refractivity contribution is 6.04. The molecule has 0 bridgehead atoms. The van der Waals surface area contributed by atoms with E-state index in [4.69, 9.17) is 9.25 Å². The lowest BCUT2D eigenvalue weighted by atomic mass is 10.0. The number of halogens is 2. The molecule has 2 atom stereocenters. The molecule has 2 aliphatic heterocycles. The van der Waals surface area contributed by atoms with Crippen LogP contribution in [-0.2, 0) is 9.63 Å². The second kappa shape index (κ2) is 7.50.